The third-order valence-electron chi connectivity index (χ3n) is 3.62. The molecule has 1 heterocycles. The van der Waals surface area contributed by atoms with Crippen LogP contribution in [0.25, 0.3) is 0 Å². The number of hydrogen-bond acceptors (Lipinski definition) is 3. The highest BCUT2D eigenvalue weighted by atomic mass is 19.1. The Balaban J connectivity index is 1.90. The lowest BCUT2D eigenvalue weighted by molar-refractivity contribution is -0.0639. The fourth-order valence-corrected chi connectivity index (χ4v) is 2.57. The van der Waals surface area contributed by atoms with Gasteiger partial charge >= 0.3 is 0 Å². The number of benzene rings is 1. The Hall–Kier alpha value is -1.04. The van der Waals surface area contributed by atoms with Crippen LogP contribution in [0.15, 0.2) is 18.2 Å². The second kappa shape index (κ2) is 6.16. The first kappa shape index (κ1) is 15.4. The minimum absolute atomic E-state index is 0.116. The van der Waals surface area contributed by atoms with Crippen molar-refractivity contribution in [2.75, 3.05) is 13.2 Å². The standard InChI is InChI=1S/C15H21F2NO2/c1-15(2)8-11(5-6-20-15)18-9-14(19)12-4-3-10(16)7-13(12)17/h3-4,7,11,14,18-19H,5-6,8-9H2,1-2H3. The molecular weight excluding hydrogens is 264 g/mol. The van der Waals surface area contributed by atoms with Gasteiger partial charge in [-0.15, -0.1) is 0 Å². The van der Waals surface area contributed by atoms with Gasteiger partial charge in [0.2, 0.25) is 0 Å². The zero-order chi connectivity index (χ0) is 14.8. The lowest BCUT2D eigenvalue weighted by Gasteiger charge is -2.36. The summed E-state index contributed by atoms with van der Waals surface area (Å²) in [5.41, 5.74) is -0.0626. The second-order valence-corrected chi connectivity index (χ2v) is 5.89. The highest BCUT2D eigenvalue weighted by Gasteiger charge is 2.29. The van der Waals surface area contributed by atoms with Crippen LogP contribution >= 0.6 is 0 Å². The number of halogens is 2. The van der Waals surface area contributed by atoms with E-state index in [4.69, 9.17) is 4.74 Å². The third-order valence-corrected chi connectivity index (χ3v) is 3.62. The van der Waals surface area contributed by atoms with E-state index in [1.54, 1.807) is 0 Å². The molecule has 1 aromatic rings. The van der Waals surface area contributed by atoms with Gasteiger partial charge in [0.1, 0.15) is 11.6 Å². The third kappa shape index (κ3) is 3.98. The first-order chi connectivity index (χ1) is 9.37. The summed E-state index contributed by atoms with van der Waals surface area (Å²) in [6, 6.07) is 3.46. The molecule has 1 aliphatic rings. The Kier molecular flexibility index (Phi) is 4.73. The number of nitrogens with one attached hydrogen (secondary N) is 1. The molecule has 0 amide bonds. The molecule has 3 nitrogen and oxygen atoms in total. The first-order valence-electron chi connectivity index (χ1n) is 6.88. The summed E-state index contributed by atoms with van der Waals surface area (Å²) in [5, 5.41) is 13.2. The van der Waals surface area contributed by atoms with E-state index >= 15 is 0 Å². The normalized spacial score (nSPS) is 23.6. The molecule has 1 aliphatic heterocycles. The number of aliphatic hydroxyl groups is 1. The van der Waals surface area contributed by atoms with Crippen molar-refractivity contribution in [3.8, 4) is 0 Å². The van der Waals surface area contributed by atoms with Gasteiger partial charge in [0.25, 0.3) is 0 Å². The summed E-state index contributed by atoms with van der Waals surface area (Å²) in [4.78, 5) is 0. The molecule has 0 radical (unpaired) electrons. The lowest BCUT2D eigenvalue weighted by Crippen LogP contribution is -2.44. The number of aliphatic hydroxyl groups excluding tert-OH is 1. The quantitative estimate of drug-likeness (QED) is 0.893. The van der Waals surface area contributed by atoms with Crippen LogP contribution in [-0.2, 0) is 4.74 Å². The van der Waals surface area contributed by atoms with Crippen molar-refractivity contribution in [3.63, 3.8) is 0 Å². The lowest BCUT2D eigenvalue weighted by atomic mass is 9.93. The van der Waals surface area contributed by atoms with Crippen LogP contribution in [0.4, 0.5) is 8.78 Å². The average molecular weight is 285 g/mol. The predicted octanol–water partition coefficient (Wildman–Crippen LogP) is 2.55. The van der Waals surface area contributed by atoms with Gasteiger partial charge in [0.05, 0.1) is 11.7 Å². The number of rotatable bonds is 4. The van der Waals surface area contributed by atoms with Crippen molar-refractivity contribution in [1.29, 1.82) is 0 Å². The summed E-state index contributed by atoms with van der Waals surface area (Å²) in [7, 11) is 0. The van der Waals surface area contributed by atoms with E-state index in [0.29, 0.717) is 6.61 Å². The summed E-state index contributed by atoms with van der Waals surface area (Å²) in [6.07, 6.45) is 0.717. The Morgan fingerprint density at radius 1 is 1.45 bits per heavy atom. The summed E-state index contributed by atoms with van der Waals surface area (Å²) >= 11 is 0. The molecule has 0 aliphatic carbocycles. The summed E-state index contributed by atoms with van der Waals surface area (Å²) < 4.78 is 32.0. The first-order valence-corrected chi connectivity index (χ1v) is 6.88. The molecule has 0 spiro atoms. The van der Waals surface area contributed by atoms with E-state index in [0.717, 1.165) is 25.0 Å². The van der Waals surface area contributed by atoms with Crippen molar-refractivity contribution >= 4 is 0 Å². The highest BCUT2D eigenvalue weighted by Crippen LogP contribution is 2.24. The van der Waals surface area contributed by atoms with E-state index in [2.05, 4.69) is 5.32 Å². The van der Waals surface area contributed by atoms with E-state index in [1.165, 1.54) is 6.07 Å². The smallest absolute Gasteiger partial charge is 0.131 e. The van der Waals surface area contributed by atoms with Gasteiger partial charge in [-0.2, -0.15) is 0 Å². The Morgan fingerprint density at radius 2 is 2.20 bits per heavy atom. The zero-order valence-electron chi connectivity index (χ0n) is 11.8. The monoisotopic (exact) mass is 285 g/mol. The van der Waals surface area contributed by atoms with Gasteiger partial charge in [-0.25, -0.2) is 8.78 Å². The molecule has 112 valence electrons. The molecule has 5 heteroatoms. The maximum absolute atomic E-state index is 13.5. The summed E-state index contributed by atoms with van der Waals surface area (Å²) in [6.45, 7) is 4.96. The van der Waals surface area contributed by atoms with Gasteiger partial charge in [-0.1, -0.05) is 6.07 Å². The van der Waals surface area contributed by atoms with E-state index < -0.39 is 17.7 Å². The molecule has 0 saturated carbocycles. The molecule has 2 rings (SSSR count). The molecule has 2 atom stereocenters. The molecule has 0 bridgehead atoms. The minimum Gasteiger partial charge on any atom is -0.387 e. The van der Waals surface area contributed by atoms with Gasteiger partial charge in [-0.3, -0.25) is 0 Å². The minimum atomic E-state index is -0.985. The maximum atomic E-state index is 13.5. The predicted molar refractivity (Wildman–Crippen MR) is 72.4 cm³/mol. The van der Waals surface area contributed by atoms with Crippen LogP contribution < -0.4 is 5.32 Å². The van der Waals surface area contributed by atoms with Crippen LogP contribution in [0, 0.1) is 11.6 Å². The molecule has 1 fully saturated rings. The van der Waals surface area contributed by atoms with Crippen LogP contribution in [0.3, 0.4) is 0 Å². The van der Waals surface area contributed by atoms with Gasteiger partial charge < -0.3 is 15.2 Å². The molecule has 20 heavy (non-hydrogen) atoms. The van der Waals surface area contributed by atoms with E-state index in [9.17, 15) is 13.9 Å². The van der Waals surface area contributed by atoms with Gasteiger partial charge in [0.15, 0.2) is 0 Å². The molecule has 2 N–H and O–H groups in total. The Morgan fingerprint density at radius 3 is 2.85 bits per heavy atom. The van der Waals surface area contributed by atoms with Crippen molar-refractivity contribution in [3.05, 3.63) is 35.4 Å². The van der Waals surface area contributed by atoms with Crippen LogP contribution in [0.1, 0.15) is 38.4 Å². The SMILES string of the molecule is CC1(C)CC(NCC(O)c2ccc(F)cc2F)CCO1. The van der Waals surface area contributed by atoms with Crippen LogP contribution in [0.2, 0.25) is 0 Å². The van der Waals surface area contributed by atoms with Crippen molar-refractivity contribution in [2.24, 2.45) is 0 Å². The Labute approximate surface area is 117 Å². The largest absolute Gasteiger partial charge is 0.387 e. The number of ether oxygens (including phenoxy) is 1. The van der Waals surface area contributed by atoms with Crippen LogP contribution in [-0.4, -0.2) is 29.9 Å². The highest BCUT2D eigenvalue weighted by molar-refractivity contribution is 5.21. The van der Waals surface area contributed by atoms with Crippen LogP contribution in [0.5, 0.6) is 0 Å². The molecule has 2 unspecified atom stereocenters. The second-order valence-electron chi connectivity index (χ2n) is 5.89. The zero-order valence-corrected chi connectivity index (χ0v) is 11.8. The van der Waals surface area contributed by atoms with Crippen molar-refractivity contribution in [1.82, 2.24) is 5.32 Å². The molecule has 1 aromatic carbocycles. The fourth-order valence-electron chi connectivity index (χ4n) is 2.57. The van der Waals surface area contributed by atoms with Gasteiger partial charge in [-0.05, 0) is 32.8 Å². The molecule has 0 aromatic heterocycles. The summed E-state index contributed by atoms with van der Waals surface area (Å²) in [5.74, 6) is -1.36. The van der Waals surface area contributed by atoms with Crippen molar-refractivity contribution in [2.45, 2.75) is 44.4 Å². The number of hydrogen-bond donors (Lipinski definition) is 2. The maximum Gasteiger partial charge on any atom is 0.131 e. The average Bonchev–Trinajstić information content (AvgIpc) is 2.35. The van der Waals surface area contributed by atoms with E-state index in [-0.39, 0.29) is 23.8 Å². The van der Waals surface area contributed by atoms with E-state index in [1.807, 2.05) is 13.8 Å². The van der Waals surface area contributed by atoms with Crippen molar-refractivity contribution < 1.29 is 18.6 Å². The topological polar surface area (TPSA) is 41.5 Å². The fraction of sp³-hybridized carbons (Fsp3) is 0.600. The molecular formula is C15H21F2NO2. The van der Waals surface area contributed by atoms with Gasteiger partial charge in [0, 0.05) is 30.8 Å². The Bertz CT molecular complexity index is 465. The molecule has 1 saturated heterocycles.